The van der Waals surface area contributed by atoms with Gasteiger partial charge in [0.05, 0.1) is 12.6 Å². The van der Waals surface area contributed by atoms with Crippen LogP contribution in [-0.2, 0) is 4.79 Å². The molecule has 6 heteroatoms. The van der Waals surface area contributed by atoms with Crippen LogP contribution in [0.5, 0.6) is 5.75 Å². The molecule has 0 spiro atoms. The van der Waals surface area contributed by atoms with Crippen LogP contribution in [0.25, 0.3) is 0 Å². The van der Waals surface area contributed by atoms with E-state index in [-0.39, 0.29) is 24.4 Å². The van der Waals surface area contributed by atoms with Crippen LogP contribution < -0.4 is 20.3 Å². The van der Waals surface area contributed by atoms with E-state index in [0.29, 0.717) is 13.2 Å². The number of aryl methyl sites for hydroxylation is 1. The number of carbonyl (C=O) groups excluding carboxylic acids is 2. The highest BCUT2D eigenvalue weighted by Crippen LogP contribution is 2.24. The third-order valence-electron chi connectivity index (χ3n) is 4.20. The fourth-order valence-electron chi connectivity index (χ4n) is 3.02. The molecule has 1 atom stereocenters. The van der Waals surface area contributed by atoms with E-state index in [0.717, 1.165) is 22.7 Å². The van der Waals surface area contributed by atoms with E-state index in [9.17, 15) is 9.59 Å². The van der Waals surface area contributed by atoms with Crippen LogP contribution >= 0.6 is 0 Å². The second-order valence-electron chi connectivity index (χ2n) is 6.30. The van der Waals surface area contributed by atoms with E-state index in [1.165, 1.54) is 0 Å². The third kappa shape index (κ3) is 4.33. The predicted octanol–water partition coefficient (Wildman–Crippen LogP) is 3.32. The molecule has 1 unspecified atom stereocenters. The molecule has 2 N–H and O–H groups in total. The van der Waals surface area contributed by atoms with Gasteiger partial charge in [-0.25, -0.2) is 4.79 Å². The third-order valence-corrected chi connectivity index (χ3v) is 4.20. The van der Waals surface area contributed by atoms with Gasteiger partial charge in [-0.3, -0.25) is 4.79 Å². The van der Waals surface area contributed by atoms with Gasteiger partial charge in [-0.05, 0) is 55.8 Å². The summed E-state index contributed by atoms with van der Waals surface area (Å²) < 4.78 is 5.42. The van der Waals surface area contributed by atoms with Crippen LogP contribution in [0.2, 0.25) is 0 Å². The van der Waals surface area contributed by atoms with Gasteiger partial charge in [0.25, 0.3) is 0 Å². The molecular weight excluding hydrogens is 330 g/mol. The first-order valence-electron chi connectivity index (χ1n) is 8.72. The van der Waals surface area contributed by atoms with Crippen LogP contribution in [0.15, 0.2) is 48.5 Å². The van der Waals surface area contributed by atoms with Gasteiger partial charge in [-0.15, -0.1) is 0 Å². The number of nitrogens with one attached hydrogen (secondary N) is 2. The lowest BCUT2D eigenvalue weighted by molar-refractivity contribution is -0.117. The minimum atomic E-state index is -0.304. The van der Waals surface area contributed by atoms with Crippen molar-refractivity contribution in [2.75, 3.05) is 23.4 Å². The second-order valence-corrected chi connectivity index (χ2v) is 6.30. The zero-order valence-electron chi connectivity index (χ0n) is 15.0. The smallest absolute Gasteiger partial charge is 0.319 e. The van der Waals surface area contributed by atoms with Gasteiger partial charge in [0.2, 0.25) is 5.91 Å². The number of hydrogen-bond acceptors (Lipinski definition) is 3. The summed E-state index contributed by atoms with van der Waals surface area (Å²) in [5, 5.41) is 5.68. The lowest BCUT2D eigenvalue weighted by Crippen LogP contribution is -2.39. The minimum Gasteiger partial charge on any atom is -0.494 e. The molecule has 1 aliphatic heterocycles. The largest absolute Gasteiger partial charge is 0.494 e. The van der Waals surface area contributed by atoms with Crippen molar-refractivity contribution in [1.29, 1.82) is 0 Å². The van der Waals surface area contributed by atoms with E-state index in [1.54, 1.807) is 4.90 Å². The van der Waals surface area contributed by atoms with E-state index < -0.39 is 0 Å². The van der Waals surface area contributed by atoms with Crippen molar-refractivity contribution < 1.29 is 14.3 Å². The topological polar surface area (TPSA) is 70.7 Å². The van der Waals surface area contributed by atoms with Crippen LogP contribution in [-0.4, -0.2) is 31.1 Å². The van der Waals surface area contributed by atoms with Crippen LogP contribution in [0.1, 0.15) is 18.9 Å². The molecule has 0 bridgehead atoms. The molecule has 0 aliphatic carbocycles. The maximum atomic E-state index is 12.3. The number of carbonyl (C=O) groups is 2. The Morgan fingerprint density at radius 1 is 1.23 bits per heavy atom. The van der Waals surface area contributed by atoms with Gasteiger partial charge in [0.15, 0.2) is 0 Å². The zero-order valence-corrected chi connectivity index (χ0v) is 15.0. The molecule has 136 valence electrons. The Bertz CT molecular complexity index is 789. The maximum absolute atomic E-state index is 12.3. The molecule has 0 saturated carbocycles. The number of urea groups is 1. The van der Waals surface area contributed by atoms with Gasteiger partial charge in [0.1, 0.15) is 5.75 Å². The van der Waals surface area contributed by atoms with E-state index in [1.807, 2.05) is 62.4 Å². The first-order chi connectivity index (χ1) is 12.5. The number of anilines is 2. The summed E-state index contributed by atoms with van der Waals surface area (Å²) in [5.41, 5.74) is 2.61. The molecule has 1 saturated heterocycles. The summed E-state index contributed by atoms with van der Waals surface area (Å²) in [6, 6.07) is 14.5. The average molecular weight is 353 g/mol. The zero-order chi connectivity index (χ0) is 18.5. The van der Waals surface area contributed by atoms with Crippen molar-refractivity contribution in [2.45, 2.75) is 26.3 Å². The van der Waals surface area contributed by atoms with Gasteiger partial charge in [-0.1, -0.05) is 12.1 Å². The van der Waals surface area contributed by atoms with Crippen molar-refractivity contribution in [2.24, 2.45) is 0 Å². The molecule has 2 aromatic carbocycles. The number of hydrogen-bond donors (Lipinski definition) is 2. The number of nitrogens with zero attached hydrogens (tertiary/aromatic N) is 1. The van der Waals surface area contributed by atoms with Gasteiger partial charge in [0, 0.05) is 24.3 Å². The van der Waals surface area contributed by atoms with Crippen LogP contribution in [0, 0.1) is 6.92 Å². The number of ether oxygens (including phenoxy) is 1. The highest BCUT2D eigenvalue weighted by Gasteiger charge is 2.31. The Morgan fingerprint density at radius 2 is 2.00 bits per heavy atom. The lowest BCUT2D eigenvalue weighted by atomic mass is 10.2. The van der Waals surface area contributed by atoms with Crippen molar-refractivity contribution >= 4 is 23.3 Å². The normalized spacial score (nSPS) is 16.5. The van der Waals surface area contributed by atoms with Crippen LogP contribution in [0.4, 0.5) is 16.2 Å². The van der Waals surface area contributed by atoms with Crippen molar-refractivity contribution in [3.8, 4) is 5.75 Å². The number of amides is 3. The Labute approximate surface area is 153 Å². The van der Waals surface area contributed by atoms with Crippen molar-refractivity contribution in [1.82, 2.24) is 5.32 Å². The summed E-state index contributed by atoms with van der Waals surface area (Å²) in [7, 11) is 0. The molecule has 0 radical (unpaired) electrons. The van der Waals surface area contributed by atoms with Gasteiger partial charge in [-0.2, -0.15) is 0 Å². The summed E-state index contributed by atoms with van der Waals surface area (Å²) in [4.78, 5) is 26.2. The second kappa shape index (κ2) is 7.91. The molecule has 0 aromatic heterocycles. The summed E-state index contributed by atoms with van der Waals surface area (Å²) in [6.07, 6.45) is 0.286. The molecule has 1 fully saturated rings. The number of rotatable bonds is 5. The predicted molar refractivity (Wildman–Crippen MR) is 102 cm³/mol. The Balaban J connectivity index is 1.58. The first-order valence-corrected chi connectivity index (χ1v) is 8.72. The molecule has 2 aromatic rings. The maximum Gasteiger partial charge on any atom is 0.319 e. The summed E-state index contributed by atoms with van der Waals surface area (Å²) in [5.74, 6) is 0.769. The average Bonchev–Trinajstić information content (AvgIpc) is 2.96. The van der Waals surface area contributed by atoms with Crippen LogP contribution in [0.3, 0.4) is 0 Å². The highest BCUT2D eigenvalue weighted by atomic mass is 16.5. The quantitative estimate of drug-likeness (QED) is 0.866. The Morgan fingerprint density at radius 3 is 2.69 bits per heavy atom. The fraction of sp³-hybridized carbons (Fsp3) is 0.300. The van der Waals surface area contributed by atoms with E-state index in [4.69, 9.17) is 4.74 Å². The van der Waals surface area contributed by atoms with Gasteiger partial charge >= 0.3 is 6.03 Å². The molecule has 1 heterocycles. The van der Waals surface area contributed by atoms with Crippen molar-refractivity contribution in [3.63, 3.8) is 0 Å². The van der Waals surface area contributed by atoms with E-state index >= 15 is 0 Å². The lowest BCUT2D eigenvalue weighted by Gasteiger charge is -2.18. The monoisotopic (exact) mass is 353 g/mol. The highest BCUT2D eigenvalue weighted by molar-refractivity contribution is 5.97. The Hall–Kier alpha value is -3.02. The molecular formula is C20H23N3O3. The Kier molecular flexibility index (Phi) is 5.41. The summed E-state index contributed by atoms with van der Waals surface area (Å²) >= 11 is 0. The molecule has 3 rings (SSSR count). The summed E-state index contributed by atoms with van der Waals surface area (Å²) in [6.45, 7) is 4.95. The van der Waals surface area contributed by atoms with Crippen molar-refractivity contribution in [3.05, 3.63) is 54.1 Å². The number of benzene rings is 2. The van der Waals surface area contributed by atoms with Gasteiger partial charge < -0.3 is 20.3 Å². The molecule has 6 nitrogen and oxygen atoms in total. The minimum absolute atomic E-state index is 0.00462. The SMILES string of the molecule is CCOc1ccc(N2CC(NC(=O)Nc3cccc(C)c3)CC2=O)cc1. The molecule has 1 aliphatic rings. The molecule has 3 amide bonds. The molecule has 26 heavy (non-hydrogen) atoms. The first kappa shape index (κ1) is 17.8. The standard InChI is InChI=1S/C20H23N3O3/c1-3-26-18-9-7-17(8-10-18)23-13-16(12-19(23)24)22-20(25)21-15-6-4-5-14(2)11-15/h4-11,16H,3,12-13H2,1-2H3,(H2,21,22,25). The van der Waals surface area contributed by atoms with E-state index in [2.05, 4.69) is 10.6 Å². The fourth-order valence-corrected chi connectivity index (χ4v) is 3.02.